The summed E-state index contributed by atoms with van der Waals surface area (Å²) in [5.74, 6) is 1.77. The molecule has 0 bridgehead atoms. The molecule has 3 atom stereocenters. The maximum atomic E-state index is 13.9. The Kier molecular flexibility index (Phi) is 8.46. The number of ether oxygens (including phenoxy) is 1. The Balaban J connectivity index is 1.29. The molecule has 1 saturated carbocycles. The molecular formula is C36H41N7O4S. The van der Waals surface area contributed by atoms with Gasteiger partial charge in [-0.15, -0.1) is 0 Å². The minimum absolute atomic E-state index is 0.131. The number of H-pyrrole nitrogens is 1. The Morgan fingerprint density at radius 3 is 2.58 bits per heavy atom. The molecule has 0 radical (unpaired) electrons. The van der Waals surface area contributed by atoms with Crippen molar-refractivity contribution in [3.63, 3.8) is 0 Å². The molecule has 0 unspecified atom stereocenters. The lowest BCUT2D eigenvalue weighted by Gasteiger charge is -2.20. The molecule has 48 heavy (non-hydrogen) atoms. The Hall–Kier alpha value is -4.68. The number of carbonyl (C=O) groups is 1. The second kappa shape index (κ2) is 12.7. The van der Waals surface area contributed by atoms with Gasteiger partial charge in [0.2, 0.25) is 16.0 Å². The number of nitrogens with zero attached hydrogens (tertiary/aromatic N) is 2. The average molecular weight is 668 g/mol. The Bertz CT molecular complexity index is 2080. The minimum atomic E-state index is -3.89. The molecule has 2 aromatic heterocycles. The molecule has 2 aliphatic rings. The van der Waals surface area contributed by atoms with E-state index in [1.54, 1.807) is 13.2 Å². The molecule has 2 amide bonds. The molecular weight excluding hydrogens is 627 g/mol. The number of imidazole rings is 1. The zero-order valence-corrected chi connectivity index (χ0v) is 28.3. The maximum absolute atomic E-state index is 13.9. The molecule has 12 heteroatoms. The highest BCUT2D eigenvalue weighted by Gasteiger charge is 2.37. The van der Waals surface area contributed by atoms with Gasteiger partial charge in [0, 0.05) is 35.1 Å². The predicted octanol–water partition coefficient (Wildman–Crippen LogP) is 6.59. The van der Waals surface area contributed by atoms with Crippen LogP contribution in [0.2, 0.25) is 0 Å². The summed E-state index contributed by atoms with van der Waals surface area (Å²) in [5.41, 5.74) is 5.16. The van der Waals surface area contributed by atoms with E-state index in [9.17, 15) is 13.2 Å². The fraction of sp³-hybridized carbons (Fsp3) is 0.361. The largest absolute Gasteiger partial charge is 0.497 e. The molecule has 2 heterocycles. The van der Waals surface area contributed by atoms with Crippen LogP contribution < -0.4 is 25.4 Å². The Labute approximate surface area is 280 Å². The Morgan fingerprint density at radius 2 is 1.83 bits per heavy atom. The van der Waals surface area contributed by atoms with Gasteiger partial charge in [0.15, 0.2) is 0 Å². The van der Waals surface area contributed by atoms with E-state index in [4.69, 9.17) is 14.7 Å². The van der Waals surface area contributed by atoms with Crippen molar-refractivity contribution in [2.24, 2.45) is 5.92 Å². The van der Waals surface area contributed by atoms with E-state index in [1.165, 1.54) is 0 Å². The summed E-state index contributed by atoms with van der Waals surface area (Å²) in [6, 6.07) is 17.6. The smallest absolute Gasteiger partial charge is 0.315 e. The fourth-order valence-corrected chi connectivity index (χ4v) is 7.97. The van der Waals surface area contributed by atoms with Crippen molar-refractivity contribution in [1.29, 1.82) is 0 Å². The summed E-state index contributed by atoms with van der Waals surface area (Å²) >= 11 is 0. The molecule has 250 valence electrons. The predicted molar refractivity (Wildman–Crippen MR) is 187 cm³/mol. The van der Waals surface area contributed by atoms with Gasteiger partial charge in [-0.3, -0.25) is 4.98 Å². The first-order valence-electron chi connectivity index (χ1n) is 16.5. The van der Waals surface area contributed by atoms with Gasteiger partial charge in [0.25, 0.3) is 0 Å². The van der Waals surface area contributed by atoms with E-state index in [2.05, 4.69) is 25.7 Å². The third-order valence-corrected chi connectivity index (χ3v) is 10.7. The van der Waals surface area contributed by atoms with Crippen LogP contribution in [0.4, 0.5) is 10.7 Å². The van der Waals surface area contributed by atoms with Crippen molar-refractivity contribution < 1.29 is 17.9 Å². The number of amides is 2. The normalized spacial score (nSPS) is 18.2. The number of sulfonamides is 1. The lowest BCUT2D eigenvalue weighted by molar-refractivity contribution is 0.233. The number of para-hydroxylation sites is 2. The number of pyridine rings is 1. The summed E-state index contributed by atoms with van der Waals surface area (Å²) in [4.78, 5) is 26.7. The number of rotatable bonds is 11. The van der Waals surface area contributed by atoms with E-state index in [1.807, 2.05) is 81.6 Å². The number of fused-ring (bicyclic) bond motifs is 4. The van der Waals surface area contributed by atoms with Crippen LogP contribution in [-0.2, 0) is 10.0 Å². The molecule has 7 rings (SSSR count). The van der Waals surface area contributed by atoms with Gasteiger partial charge in [-0.1, -0.05) is 38.1 Å². The zero-order valence-electron chi connectivity index (χ0n) is 27.5. The first-order chi connectivity index (χ1) is 23.1. The average Bonchev–Trinajstić information content (AvgIpc) is 3.76. The summed E-state index contributed by atoms with van der Waals surface area (Å²) in [6.07, 6.45) is 4.37. The van der Waals surface area contributed by atoms with Crippen LogP contribution in [0.15, 0.2) is 71.8 Å². The van der Waals surface area contributed by atoms with Gasteiger partial charge in [0.1, 0.15) is 5.75 Å². The van der Waals surface area contributed by atoms with Crippen LogP contribution >= 0.6 is 0 Å². The summed E-state index contributed by atoms with van der Waals surface area (Å²) in [6.45, 7) is 6.16. The minimum Gasteiger partial charge on any atom is -0.497 e. The third-order valence-electron chi connectivity index (χ3n) is 9.19. The van der Waals surface area contributed by atoms with Gasteiger partial charge in [0.05, 0.1) is 41.2 Å². The van der Waals surface area contributed by atoms with Crippen LogP contribution in [0.5, 0.6) is 5.75 Å². The number of hydrogen-bond acceptors (Lipinski definition) is 7. The number of nitrogens with one attached hydrogen (secondary N) is 5. The highest BCUT2D eigenvalue weighted by atomic mass is 32.2. The molecule has 2 aliphatic carbocycles. The molecule has 11 nitrogen and oxygen atoms in total. The summed E-state index contributed by atoms with van der Waals surface area (Å²) in [5, 5.41) is 11.1. The van der Waals surface area contributed by atoms with Crippen molar-refractivity contribution in [2.75, 3.05) is 19.0 Å². The van der Waals surface area contributed by atoms with Crippen molar-refractivity contribution in [1.82, 2.24) is 30.3 Å². The molecule has 5 aromatic rings. The van der Waals surface area contributed by atoms with Crippen molar-refractivity contribution in [3.8, 4) is 5.75 Å². The number of methoxy groups -OCH3 is 1. The van der Waals surface area contributed by atoms with E-state index in [0.717, 1.165) is 51.6 Å². The molecule has 0 spiro atoms. The van der Waals surface area contributed by atoms with Gasteiger partial charge in [-0.25, -0.2) is 22.9 Å². The van der Waals surface area contributed by atoms with E-state index in [-0.39, 0.29) is 28.9 Å². The standard InChI is InChI=1S/C36H41N7O4S/c1-20(2)18-38-48(45,46)33-16-26-31(43-36(44)39-21(3)23-8-7-9-24(14-23)47-4)17-32(42-35-40-28-10-5-6-11-29(28)41-35)34(26)27-19-37-30(15-25(27)33)22-12-13-22/h5-11,14-16,19-22,31-32,38H,12-13,17-18H2,1-4H3,(H2,39,43,44)(H2,40,41,42)/t21-,31+,32+/m1/s1. The highest BCUT2D eigenvalue weighted by molar-refractivity contribution is 7.89. The quantitative estimate of drug-likeness (QED) is 0.107. The van der Waals surface area contributed by atoms with E-state index < -0.39 is 16.1 Å². The molecule has 1 fully saturated rings. The maximum Gasteiger partial charge on any atom is 0.315 e. The van der Waals surface area contributed by atoms with E-state index >= 15 is 0 Å². The number of carbonyl (C=O) groups excluding carboxylic acids is 1. The highest BCUT2D eigenvalue weighted by Crippen LogP contribution is 2.47. The zero-order chi connectivity index (χ0) is 33.6. The first-order valence-corrected chi connectivity index (χ1v) is 18.0. The van der Waals surface area contributed by atoms with Crippen LogP contribution in [0.1, 0.15) is 86.5 Å². The molecule has 5 N–H and O–H groups in total. The number of anilines is 1. The van der Waals surface area contributed by atoms with Crippen LogP contribution in [0.3, 0.4) is 0 Å². The second-order valence-electron chi connectivity index (χ2n) is 13.3. The number of aromatic amines is 1. The number of hydrogen-bond donors (Lipinski definition) is 5. The molecule has 3 aromatic carbocycles. The monoisotopic (exact) mass is 667 g/mol. The number of benzene rings is 3. The molecule has 0 saturated heterocycles. The van der Waals surface area contributed by atoms with Gasteiger partial charge in [-0.2, -0.15) is 0 Å². The summed E-state index contributed by atoms with van der Waals surface area (Å²) < 4.78 is 36.0. The van der Waals surface area contributed by atoms with Crippen molar-refractivity contribution in [2.45, 2.75) is 69.0 Å². The van der Waals surface area contributed by atoms with Crippen LogP contribution in [0, 0.1) is 5.92 Å². The second-order valence-corrected chi connectivity index (χ2v) is 15.0. The van der Waals surface area contributed by atoms with Gasteiger partial charge >= 0.3 is 6.03 Å². The SMILES string of the molecule is COc1cccc([C@@H](C)NC(=O)N[C@H]2C[C@H](Nc3nc4ccccc4[nH]3)c3c2cc(S(=O)(=O)NCC(C)C)c2cc(C4CC4)ncc32)c1. The Morgan fingerprint density at radius 1 is 1.02 bits per heavy atom. The van der Waals surface area contributed by atoms with Gasteiger partial charge in [-0.05, 0) is 85.2 Å². The van der Waals surface area contributed by atoms with Gasteiger partial charge < -0.3 is 25.7 Å². The van der Waals surface area contributed by atoms with Crippen molar-refractivity contribution in [3.05, 3.63) is 89.2 Å². The lowest BCUT2D eigenvalue weighted by Crippen LogP contribution is -2.38. The first kappa shape index (κ1) is 31.9. The number of urea groups is 1. The van der Waals surface area contributed by atoms with Crippen LogP contribution in [0.25, 0.3) is 21.8 Å². The van der Waals surface area contributed by atoms with E-state index in [0.29, 0.717) is 36.0 Å². The van der Waals surface area contributed by atoms with Crippen LogP contribution in [-0.4, -0.2) is 43.1 Å². The topological polar surface area (TPSA) is 150 Å². The molecule has 0 aliphatic heterocycles. The van der Waals surface area contributed by atoms with Crippen molar-refractivity contribution >= 4 is 43.8 Å². The summed E-state index contributed by atoms with van der Waals surface area (Å²) in [7, 11) is -2.28. The fourth-order valence-electron chi connectivity index (χ4n) is 6.52. The number of aromatic nitrogens is 3. The third kappa shape index (κ3) is 6.42. The lowest BCUT2D eigenvalue weighted by atomic mass is 9.98.